The lowest BCUT2D eigenvalue weighted by molar-refractivity contribution is 0.0695. The molecule has 0 spiro atoms. The summed E-state index contributed by atoms with van der Waals surface area (Å²) in [4.78, 5) is 22.8. The Morgan fingerprint density at radius 2 is 1.82 bits per heavy atom. The van der Waals surface area contributed by atoms with Gasteiger partial charge in [-0.2, -0.15) is 0 Å². The van der Waals surface area contributed by atoms with Crippen molar-refractivity contribution in [2.24, 2.45) is 5.92 Å². The van der Waals surface area contributed by atoms with E-state index >= 15 is 0 Å². The van der Waals surface area contributed by atoms with Crippen LogP contribution in [0.4, 0.5) is 14.6 Å². The monoisotopic (exact) mass is 643 g/mol. The van der Waals surface area contributed by atoms with Gasteiger partial charge in [-0.25, -0.2) is 18.7 Å². The Morgan fingerprint density at radius 1 is 1.11 bits per heavy atom. The molecule has 44 heavy (non-hydrogen) atoms. The minimum atomic E-state index is -2.15. The first kappa shape index (κ1) is 32.8. The van der Waals surface area contributed by atoms with Crippen LogP contribution in [0.15, 0.2) is 36.1 Å². The van der Waals surface area contributed by atoms with E-state index in [1.54, 1.807) is 6.07 Å². The van der Waals surface area contributed by atoms with Gasteiger partial charge >= 0.3 is 0 Å². The summed E-state index contributed by atoms with van der Waals surface area (Å²) in [6, 6.07) is 4.14. The second-order valence-electron chi connectivity index (χ2n) is 13.1. The van der Waals surface area contributed by atoms with Crippen molar-refractivity contribution in [3.05, 3.63) is 74.9 Å². The van der Waals surface area contributed by atoms with Gasteiger partial charge in [0, 0.05) is 24.8 Å². The molecule has 3 heterocycles. The summed E-state index contributed by atoms with van der Waals surface area (Å²) < 4.78 is 41.0. The molecular weight excluding hydrogens is 601 g/mol. The molecule has 1 aromatic carbocycles. The molecule has 0 amide bonds. The fourth-order valence-electron chi connectivity index (χ4n) is 7.47. The molecule has 0 unspecified atom stereocenters. The summed E-state index contributed by atoms with van der Waals surface area (Å²) >= 11 is 1.27. The molecule has 1 fully saturated rings. The number of aliphatic hydroxyl groups is 1. The number of hydrogen-bond donors (Lipinski definition) is 2. The highest BCUT2D eigenvalue weighted by Crippen LogP contribution is 2.46. The maximum atomic E-state index is 14.1. The SMILES string of the molecule is CC(C)[Si](O[C@H]1C[C@H](Nc2ncncc2C(=O)c2cc([C@@H]3OCCc4cc(F)c(F)cc43)cs2)C[C@@H]1CO)(C(C)C)C(C)C. The Bertz CT molecular complexity index is 1460. The summed E-state index contributed by atoms with van der Waals surface area (Å²) in [6.07, 6.45) is 4.19. The summed E-state index contributed by atoms with van der Waals surface area (Å²) in [5.74, 6) is -1.59. The van der Waals surface area contributed by atoms with E-state index in [0.717, 1.165) is 0 Å². The largest absolute Gasteiger partial charge is 0.413 e. The molecule has 238 valence electrons. The van der Waals surface area contributed by atoms with Gasteiger partial charge in [0.2, 0.25) is 14.1 Å². The molecule has 2 aliphatic rings. The van der Waals surface area contributed by atoms with Crippen LogP contribution in [0.5, 0.6) is 0 Å². The fraction of sp³-hybridized carbons (Fsp3) is 0.545. The van der Waals surface area contributed by atoms with Gasteiger partial charge in [-0.3, -0.25) is 4.79 Å². The molecule has 1 saturated carbocycles. The van der Waals surface area contributed by atoms with Gasteiger partial charge < -0.3 is 19.6 Å². The number of ether oxygens (including phenoxy) is 1. The number of nitrogens with zero attached hydrogens (tertiary/aromatic N) is 2. The van der Waals surface area contributed by atoms with Crippen molar-refractivity contribution in [3.63, 3.8) is 0 Å². The van der Waals surface area contributed by atoms with Gasteiger partial charge in [0.05, 0.1) is 23.2 Å². The van der Waals surface area contributed by atoms with Crippen molar-refractivity contribution in [1.82, 2.24) is 9.97 Å². The maximum Gasteiger partial charge on any atom is 0.208 e. The topological polar surface area (TPSA) is 93.6 Å². The van der Waals surface area contributed by atoms with Crippen LogP contribution in [0.1, 0.15) is 92.4 Å². The number of benzene rings is 1. The van der Waals surface area contributed by atoms with Crippen LogP contribution in [0.3, 0.4) is 0 Å². The Labute approximate surface area is 263 Å². The van der Waals surface area contributed by atoms with E-state index in [0.29, 0.717) is 75.4 Å². The quantitative estimate of drug-likeness (QED) is 0.166. The average molecular weight is 644 g/mol. The van der Waals surface area contributed by atoms with Crippen molar-refractivity contribution in [1.29, 1.82) is 0 Å². The van der Waals surface area contributed by atoms with Gasteiger partial charge in [0.25, 0.3) is 0 Å². The van der Waals surface area contributed by atoms with E-state index in [4.69, 9.17) is 9.16 Å². The second kappa shape index (κ2) is 13.4. The molecule has 5 rings (SSSR count). The third kappa shape index (κ3) is 6.26. The molecule has 0 radical (unpaired) electrons. The van der Waals surface area contributed by atoms with E-state index in [9.17, 15) is 18.7 Å². The van der Waals surface area contributed by atoms with Crippen LogP contribution < -0.4 is 5.32 Å². The number of ketones is 1. The van der Waals surface area contributed by atoms with Crippen molar-refractivity contribution in [3.8, 4) is 0 Å². The van der Waals surface area contributed by atoms with Gasteiger partial charge in [-0.1, -0.05) is 41.5 Å². The number of hydrogen-bond acceptors (Lipinski definition) is 8. The van der Waals surface area contributed by atoms with Crippen LogP contribution in [-0.4, -0.2) is 54.5 Å². The zero-order valence-corrected chi connectivity index (χ0v) is 28.1. The fourth-order valence-corrected chi connectivity index (χ4v) is 14.0. The van der Waals surface area contributed by atoms with Crippen molar-refractivity contribution < 1.29 is 27.8 Å². The first-order valence-electron chi connectivity index (χ1n) is 15.5. The third-order valence-electron chi connectivity index (χ3n) is 9.49. The van der Waals surface area contributed by atoms with Crippen LogP contribution in [0, 0.1) is 17.6 Å². The number of carbonyl (C=O) groups excluding carboxylic acids is 1. The summed E-state index contributed by atoms with van der Waals surface area (Å²) in [6.45, 7) is 14.0. The van der Waals surface area contributed by atoms with Crippen LogP contribution in [0.25, 0.3) is 0 Å². The number of fused-ring (bicyclic) bond motifs is 1. The van der Waals surface area contributed by atoms with E-state index in [2.05, 4.69) is 56.8 Å². The van der Waals surface area contributed by atoms with Crippen molar-refractivity contribution >= 4 is 31.3 Å². The normalized spacial score (nSPS) is 22.2. The highest BCUT2D eigenvalue weighted by molar-refractivity contribution is 7.12. The summed E-state index contributed by atoms with van der Waals surface area (Å²) in [5, 5.41) is 15.6. The molecular formula is C33H43F2N3O4SSi. The van der Waals surface area contributed by atoms with Crippen LogP contribution >= 0.6 is 11.3 Å². The molecule has 11 heteroatoms. The van der Waals surface area contributed by atoms with Crippen LogP contribution in [-0.2, 0) is 15.6 Å². The average Bonchev–Trinajstić information content (AvgIpc) is 3.62. The molecule has 0 bridgehead atoms. The lowest BCUT2D eigenvalue weighted by Crippen LogP contribution is -2.51. The number of rotatable bonds is 11. The van der Waals surface area contributed by atoms with E-state index in [-0.39, 0.29) is 30.5 Å². The number of aromatic nitrogens is 2. The molecule has 4 atom stereocenters. The number of aliphatic hydroxyl groups excluding tert-OH is 1. The summed E-state index contributed by atoms with van der Waals surface area (Å²) in [5.41, 5.74) is 3.64. The highest BCUT2D eigenvalue weighted by atomic mass is 32.1. The Balaban J connectivity index is 1.34. The van der Waals surface area contributed by atoms with Gasteiger partial charge in [0.1, 0.15) is 18.2 Å². The van der Waals surface area contributed by atoms with Crippen molar-refractivity contribution in [2.75, 3.05) is 18.5 Å². The first-order chi connectivity index (χ1) is 21.0. The molecule has 3 aromatic rings. The number of carbonyl (C=O) groups is 1. The van der Waals surface area contributed by atoms with Crippen LogP contribution in [0.2, 0.25) is 16.6 Å². The minimum Gasteiger partial charge on any atom is -0.413 e. The third-order valence-corrected chi connectivity index (χ3v) is 16.6. The zero-order valence-electron chi connectivity index (χ0n) is 26.3. The molecule has 7 nitrogen and oxygen atoms in total. The molecule has 1 aliphatic heterocycles. The predicted octanol–water partition coefficient (Wildman–Crippen LogP) is 7.45. The Hall–Kier alpha value is -2.57. The van der Waals surface area contributed by atoms with Gasteiger partial charge in [0.15, 0.2) is 11.6 Å². The minimum absolute atomic E-state index is 0.00634. The van der Waals surface area contributed by atoms with E-state index in [1.165, 1.54) is 36.0 Å². The van der Waals surface area contributed by atoms with E-state index in [1.807, 2.05) is 5.38 Å². The number of nitrogens with one attached hydrogen (secondary N) is 1. The van der Waals surface area contributed by atoms with Gasteiger partial charge in [-0.05, 0) is 76.2 Å². The predicted molar refractivity (Wildman–Crippen MR) is 171 cm³/mol. The van der Waals surface area contributed by atoms with Crippen molar-refractivity contribution in [2.45, 2.75) is 95.7 Å². The Kier molecular flexibility index (Phi) is 10.0. The Morgan fingerprint density at radius 3 is 2.50 bits per heavy atom. The summed E-state index contributed by atoms with van der Waals surface area (Å²) in [7, 11) is -2.15. The van der Waals surface area contributed by atoms with E-state index < -0.39 is 26.1 Å². The first-order valence-corrected chi connectivity index (χ1v) is 18.6. The molecule has 2 N–H and O–H groups in total. The number of halogens is 2. The lowest BCUT2D eigenvalue weighted by atomic mass is 9.93. The molecule has 0 saturated heterocycles. The highest BCUT2D eigenvalue weighted by Gasteiger charge is 2.49. The number of anilines is 1. The second-order valence-corrected chi connectivity index (χ2v) is 19.4. The lowest BCUT2D eigenvalue weighted by Gasteiger charge is -2.45. The maximum absolute atomic E-state index is 14.1. The molecule has 2 aromatic heterocycles. The molecule has 1 aliphatic carbocycles. The zero-order chi connectivity index (χ0) is 31.8. The number of thiophene rings is 1. The van der Waals surface area contributed by atoms with Gasteiger partial charge in [-0.15, -0.1) is 11.3 Å². The standard InChI is InChI=1S/C33H43F2N3O4SSi/c1-18(2)44(19(3)4,20(5)6)42-29-12-24(9-22(29)15-39)38-33-26(14-36-17-37-33)31(40)30-11-23(16-43-30)32-25-13-28(35)27(34)10-21(25)7-8-41-32/h10-11,13-14,16-20,22,24,29,32,39H,7-9,12,15H2,1-6H3,(H,36,37,38)/t22-,24-,29+,32+/m1/s1. The smallest absolute Gasteiger partial charge is 0.208 e.